The van der Waals surface area contributed by atoms with Gasteiger partial charge in [0.05, 0.1) is 41.6 Å². The molecule has 0 aliphatic rings. The van der Waals surface area contributed by atoms with Gasteiger partial charge < -0.3 is 0 Å². The van der Waals surface area contributed by atoms with Crippen molar-refractivity contribution >= 4 is 44.0 Å². The molecule has 0 N–H and O–H groups in total. The Labute approximate surface area is 258 Å². The van der Waals surface area contributed by atoms with Gasteiger partial charge in [-0.1, -0.05) is 52.0 Å². The fourth-order valence-electron chi connectivity index (χ4n) is 4.59. The molecule has 232 valence electrons. The molecule has 0 amide bonds. The van der Waals surface area contributed by atoms with Crippen LogP contribution in [0.5, 0.6) is 0 Å². The fraction of sp³-hybridized carbons (Fsp3) is 0.200. The van der Waals surface area contributed by atoms with Crippen LogP contribution >= 0.6 is 0 Å². The van der Waals surface area contributed by atoms with E-state index in [1.807, 2.05) is 27.7 Å². The van der Waals surface area contributed by atoms with Crippen LogP contribution in [0, 0.1) is 30.0 Å². The van der Waals surface area contributed by atoms with E-state index in [1.165, 1.54) is 0 Å². The normalized spacial score (nSPS) is 11.3. The second-order valence-corrected chi connectivity index (χ2v) is 12.5. The molecular weight excluding hydrogens is 604 g/mol. The predicted octanol–water partition coefficient (Wildman–Crippen LogP) is 8.22. The summed E-state index contributed by atoms with van der Waals surface area (Å²) in [6.07, 6.45) is 0. The summed E-state index contributed by atoms with van der Waals surface area (Å²) in [5, 5.41) is 31.4. The van der Waals surface area contributed by atoms with Crippen LogP contribution in [0.1, 0.15) is 50.7 Å². The van der Waals surface area contributed by atoms with Crippen LogP contribution in [0.2, 0.25) is 0 Å². The Bertz CT molecular complexity index is 1750. The highest BCUT2D eigenvalue weighted by Crippen LogP contribution is 2.40. The van der Waals surface area contributed by atoms with Crippen molar-refractivity contribution in [3.8, 4) is 0 Å². The van der Waals surface area contributed by atoms with E-state index in [1.54, 1.807) is 48.5 Å². The summed E-state index contributed by atoms with van der Waals surface area (Å²) in [6, 6.07) is 18.9. The smallest absolute Gasteiger partial charge is 0.258 e. The molecule has 0 aliphatic carbocycles. The monoisotopic (exact) mass is 632 g/mol. The van der Waals surface area contributed by atoms with Crippen molar-refractivity contribution < 1.29 is 18.3 Å². The van der Waals surface area contributed by atoms with Crippen LogP contribution in [0.25, 0.3) is 0 Å². The van der Waals surface area contributed by atoms with Gasteiger partial charge in [-0.2, -0.15) is 10.0 Å². The van der Waals surface area contributed by atoms with Crippen molar-refractivity contribution in [3.05, 3.63) is 126 Å². The van der Waals surface area contributed by atoms with Gasteiger partial charge in [0.15, 0.2) is 0 Å². The number of hydrogen-bond acceptors (Lipinski definition) is 10. The summed E-state index contributed by atoms with van der Waals surface area (Å²) in [5.41, 5.74) is 0.283. The lowest BCUT2D eigenvalue weighted by Crippen LogP contribution is -2.12. The second kappa shape index (κ2) is 13.0. The highest BCUT2D eigenvalue weighted by Gasteiger charge is 2.30. The highest BCUT2D eigenvalue weighted by molar-refractivity contribution is 7.91. The van der Waals surface area contributed by atoms with Crippen LogP contribution in [0.3, 0.4) is 0 Å². The number of hydrogen-bond donors (Lipinski definition) is 0. The third-order valence-corrected chi connectivity index (χ3v) is 8.89. The van der Waals surface area contributed by atoms with Gasteiger partial charge in [0.2, 0.25) is 9.84 Å². The van der Waals surface area contributed by atoms with Crippen LogP contribution in [-0.4, -0.2) is 18.3 Å². The molecule has 14 nitrogen and oxygen atoms in total. The lowest BCUT2D eigenvalue weighted by molar-refractivity contribution is -0.384. The standard InChI is InChI=1S/C30H28N6O8S/c1-19(2)21-5-9-23(10-6-21)33(31-37)27-15-13-25(17-29(27)35(39)40)45(43,44)26-14-16-28(30(18-26)36(41)42)34(32-38)24-11-7-22(8-12-24)20(3)4/h5-20H,1-4H3. The van der Waals surface area contributed by atoms with Crippen LogP contribution < -0.4 is 10.0 Å². The summed E-state index contributed by atoms with van der Waals surface area (Å²) in [7, 11) is -4.57. The highest BCUT2D eigenvalue weighted by atomic mass is 32.2. The largest absolute Gasteiger partial charge is 0.296 e. The molecule has 0 fully saturated rings. The van der Waals surface area contributed by atoms with Gasteiger partial charge in [-0.05, 0) is 71.5 Å². The molecule has 0 aliphatic heterocycles. The minimum absolute atomic E-state index is 0.189. The molecule has 45 heavy (non-hydrogen) atoms. The van der Waals surface area contributed by atoms with Crippen LogP contribution in [0.15, 0.2) is 105 Å². The van der Waals surface area contributed by atoms with Crippen molar-refractivity contribution in [2.24, 2.45) is 10.6 Å². The van der Waals surface area contributed by atoms with Gasteiger partial charge in [0, 0.05) is 12.1 Å². The first-order valence-corrected chi connectivity index (χ1v) is 15.1. The Morgan fingerprint density at radius 3 is 1.20 bits per heavy atom. The number of rotatable bonds is 12. The molecule has 0 atom stereocenters. The first kappa shape index (κ1) is 32.3. The molecule has 0 unspecified atom stereocenters. The van der Waals surface area contributed by atoms with E-state index < -0.39 is 40.8 Å². The predicted molar refractivity (Wildman–Crippen MR) is 169 cm³/mol. The molecule has 0 radical (unpaired) electrons. The lowest BCUT2D eigenvalue weighted by Gasteiger charge is -2.18. The molecular formula is C30H28N6O8S. The molecule has 0 saturated carbocycles. The van der Waals surface area contributed by atoms with Gasteiger partial charge in [-0.15, -0.1) is 9.81 Å². The summed E-state index contributed by atoms with van der Waals surface area (Å²) in [6.45, 7) is 7.88. The Hall–Kier alpha value is -5.57. The minimum atomic E-state index is -4.57. The third kappa shape index (κ3) is 6.52. The molecule has 0 aromatic heterocycles. The molecule has 15 heteroatoms. The van der Waals surface area contributed by atoms with Gasteiger partial charge >= 0.3 is 0 Å². The Morgan fingerprint density at radius 1 is 0.600 bits per heavy atom. The summed E-state index contributed by atoms with van der Waals surface area (Å²) in [5.74, 6) is 0.379. The summed E-state index contributed by atoms with van der Waals surface area (Å²) in [4.78, 5) is 44.8. The number of sulfone groups is 1. The van der Waals surface area contributed by atoms with Crippen molar-refractivity contribution in [2.75, 3.05) is 10.0 Å². The van der Waals surface area contributed by atoms with E-state index in [9.17, 15) is 38.5 Å². The lowest BCUT2D eigenvalue weighted by atomic mass is 10.0. The van der Waals surface area contributed by atoms with Gasteiger partial charge in [-0.3, -0.25) is 20.2 Å². The van der Waals surface area contributed by atoms with Gasteiger partial charge in [0.25, 0.3) is 11.4 Å². The number of nitro benzene ring substituents is 2. The van der Waals surface area contributed by atoms with E-state index in [2.05, 4.69) is 10.6 Å². The molecule has 4 rings (SSSR count). The number of nitroso groups, excluding NO2 is 2. The zero-order chi connectivity index (χ0) is 33.1. The van der Waals surface area contributed by atoms with Crippen molar-refractivity contribution in [1.82, 2.24) is 0 Å². The molecule has 4 aromatic rings. The Morgan fingerprint density at radius 2 is 0.933 bits per heavy atom. The van der Waals surface area contributed by atoms with E-state index in [-0.39, 0.29) is 34.6 Å². The van der Waals surface area contributed by atoms with Crippen molar-refractivity contribution in [3.63, 3.8) is 0 Å². The zero-order valence-corrected chi connectivity index (χ0v) is 25.4. The molecule has 0 spiro atoms. The maximum Gasteiger partial charge on any atom is 0.296 e. The van der Waals surface area contributed by atoms with Gasteiger partial charge in [-0.25, -0.2) is 8.42 Å². The van der Waals surface area contributed by atoms with Crippen LogP contribution in [-0.2, 0) is 9.84 Å². The summed E-state index contributed by atoms with van der Waals surface area (Å²) < 4.78 is 27.2. The van der Waals surface area contributed by atoms with E-state index in [0.29, 0.717) is 0 Å². The number of nitrogens with zero attached hydrogens (tertiary/aromatic N) is 6. The van der Waals surface area contributed by atoms with E-state index in [0.717, 1.165) is 57.5 Å². The maximum absolute atomic E-state index is 13.6. The zero-order valence-electron chi connectivity index (χ0n) is 24.6. The SMILES string of the molecule is CC(C)c1ccc(N(N=O)c2ccc(S(=O)(=O)c3ccc(N(N=O)c4ccc(C(C)C)cc4)c([N+](=O)[O-])c3)cc2[N+](=O)[O-])cc1. The van der Waals surface area contributed by atoms with Crippen molar-refractivity contribution in [1.29, 1.82) is 0 Å². The third-order valence-electron chi connectivity index (χ3n) is 7.14. The number of anilines is 4. The first-order valence-electron chi connectivity index (χ1n) is 13.6. The maximum atomic E-state index is 13.6. The second-order valence-electron chi connectivity index (χ2n) is 10.6. The Balaban J connectivity index is 1.76. The fourth-order valence-corrected chi connectivity index (χ4v) is 5.89. The Kier molecular flexibility index (Phi) is 9.32. The molecule has 0 saturated heterocycles. The molecule has 4 aromatic carbocycles. The topological polar surface area (TPSA) is 186 Å². The quantitative estimate of drug-likeness (QED) is 0.0836. The van der Waals surface area contributed by atoms with Crippen molar-refractivity contribution in [2.45, 2.75) is 49.3 Å². The van der Waals surface area contributed by atoms with Crippen LogP contribution in [0.4, 0.5) is 34.1 Å². The summed E-state index contributed by atoms with van der Waals surface area (Å²) >= 11 is 0. The number of benzene rings is 4. The molecule has 0 heterocycles. The van der Waals surface area contributed by atoms with Gasteiger partial charge in [0.1, 0.15) is 11.4 Å². The minimum Gasteiger partial charge on any atom is -0.258 e. The van der Waals surface area contributed by atoms with E-state index >= 15 is 0 Å². The number of nitro groups is 2. The van der Waals surface area contributed by atoms with E-state index in [4.69, 9.17) is 0 Å². The average Bonchev–Trinajstić information content (AvgIpc) is 3.02. The average molecular weight is 633 g/mol. The molecule has 0 bridgehead atoms. The first-order chi connectivity index (χ1) is 21.3.